The number of anilines is 1. The summed E-state index contributed by atoms with van der Waals surface area (Å²) in [7, 11) is 0. The number of aromatic nitrogens is 2. The molecule has 0 radical (unpaired) electrons. The lowest BCUT2D eigenvalue weighted by Gasteiger charge is -2.37. The highest BCUT2D eigenvalue weighted by molar-refractivity contribution is 5.95. The zero-order valence-electron chi connectivity index (χ0n) is 23.1. The number of carbonyl (C=O) groups excluding carboxylic acids is 2. The number of hydrogen-bond donors (Lipinski definition) is 2. The molecule has 1 aromatic heterocycles. The van der Waals surface area contributed by atoms with E-state index in [0.29, 0.717) is 50.9 Å². The summed E-state index contributed by atoms with van der Waals surface area (Å²) in [6.45, 7) is 3.52. The molecule has 1 aliphatic carbocycles. The summed E-state index contributed by atoms with van der Waals surface area (Å²) in [4.78, 5) is 45.6. The van der Waals surface area contributed by atoms with Crippen LogP contribution in [-0.4, -0.2) is 93.2 Å². The highest BCUT2D eigenvalue weighted by atomic mass is 16.4. The summed E-state index contributed by atoms with van der Waals surface area (Å²) >= 11 is 0. The minimum absolute atomic E-state index is 0.0831. The first-order valence-corrected chi connectivity index (χ1v) is 14.5. The van der Waals surface area contributed by atoms with E-state index >= 15 is 0 Å². The van der Waals surface area contributed by atoms with E-state index in [0.717, 1.165) is 54.6 Å². The highest BCUT2D eigenvalue weighted by Gasteiger charge is 2.37. The van der Waals surface area contributed by atoms with Crippen molar-refractivity contribution in [2.45, 2.75) is 38.3 Å². The SMILES string of the molecule is O=C(O)N1CCN(C(=O)c2cccc(N3CCCC(C(=O)N(Cc4ccc(-c5cn[nH]c5)cc4)C4CC4)C3)c2)CC1. The molecule has 3 heterocycles. The van der Waals surface area contributed by atoms with Gasteiger partial charge in [-0.2, -0.15) is 5.10 Å². The largest absolute Gasteiger partial charge is 0.465 e. The molecule has 3 aliphatic rings. The Kier molecular flexibility index (Phi) is 7.63. The summed E-state index contributed by atoms with van der Waals surface area (Å²) in [5, 5.41) is 16.1. The first kappa shape index (κ1) is 26.9. The number of carboxylic acid groups (broad SMARTS) is 1. The Labute approximate surface area is 239 Å². The van der Waals surface area contributed by atoms with Crippen LogP contribution in [0.1, 0.15) is 41.6 Å². The lowest BCUT2D eigenvalue weighted by molar-refractivity contribution is -0.137. The van der Waals surface area contributed by atoms with Crippen LogP contribution < -0.4 is 4.90 Å². The Hall–Kier alpha value is -4.34. The maximum Gasteiger partial charge on any atom is 0.407 e. The Morgan fingerprint density at radius 2 is 1.68 bits per heavy atom. The first-order valence-electron chi connectivity index (χ1n) is 14.5. The fourth-order valence-electron chi connectivity index (χ4n) is 5.95. The predicted molar refractivity (Wildman–Crippen MR) is 154 cm³/mol. The Bertz CT molecular complexity index is 1380. The number of hydrogen-bond acceptors (Lipinski definition) is 5. The smallest absolute Gasteiger partial charge is 0.407 e. The summed E-state index contributed by atoms with van der Waals surface area (Å²) in [5.74, 6) is 0.0536. The van der Waals surface area contributed by atoms with Crippen LogP contribution in [0.25, 0.3) is 11.1 Å². The van der Waals surface area contributed by atoms with E-state index in [-0.39, 0.29) is 17.7 Å². The summed E-state index contributed by atoms with van der Waals surface area (Å²) < 4.78 is 0. The van der Waals surface area contributed by atoms with E-state index < -0.39 is 6.09 Å². The van der Waals surface area contributed by atoms with Crippen LogP contribution >= 0.6 is 0 Å². The quantitative estimate of drug-likeness (QED) is 0.456. The number of nitrogens with one attached hydrogen (secondary N) is 1. The second kappa shape index (κ2) is 11.6. The van der Waals surface area contributed by atoms with Crippen LogP contribution in [0, 0.1) is 5.92 Å². The van der Waals surface area contributed by atoms with Crippen molar-refractivity contribution in [3.05, 3.63) is 72.1 Å². The minimum atomic E-state index is -0.947. The van der Waals surface area contributed by atoms with Crippen molar-refractivity contribution in [3.8, 4) is 11.1 Å². The molecule has 0 bridgehead atoms. The molecule has 1 saturated carbocycles. The molecule has 0 spiro atoms. The minimum Gasteiger partial charge on any atom is -0.465 e. The van der Waals surface area contributed by atoms with Crippen LogP contribution in [-0.2, 0) is 11.3 Å². The standard InChI is InChI=1S/C31H36N6O4/c38-29(34-13-15-35(16-14-34)31(40)41)24-3-1-5-28(17-24)36-12-2-4-25(21-36)30(39)37(27-10-11-27)20-22-6-8-23(9-7-22)26-18-32-33-19-26/h1,3,5-9,17-19,25,27H,2,4,10-16,20-21H2,(H,32,33)(H,40,41). The number of benzene rings is 2. The Morgan fingerprint density at radius 1 is 0.927 bits per heavy atom. The molecule has 41 heavy (non-hydrogen) atoms. The fourth-order valence-corrected chi connectivity index (χ4v) is 5.95. The molecule has 2 aromatic carbocycles. The van der Waals surface area contributed by atoms with Gasteiger partial charge >= 0.3 is 6.09 Å². The van der Waals surface area contributed by atoms with Gasteiger partial charge in [0.1, 0.15) is 0 Å². The van der Waals surface area contributed by atoms with Gasteiger partial charge in [0.2, 0.25) is 5.91 Å². The molecule has 2 aliphatic heterocycles. The van der Waals surface area contributed by atoms with Crippen LogP contribution in [0.4, 0.5) is 10.5 Å². The number of rotatable bonds is 7. The highest BCUT2D eigenvalue weighted by Crippen LogP contribution is 2.33. The van der Waals surface area contributed by atoms with Gasteiger partial charge in [-0.1, -0.05) is 30.3 Å². The Balaban J connectivity index is 1.10. The van der Waals surface area contributed by atoms with Crippen molar-refractivity contribution in [2.24, 2.45) is 5.92 Å². The molecule has 10 nitrogen and oxygen atoms in total. The molecule has 3 aromatic rings. The summed E-state index contributed by atoms with van der Waals surface area (Å²) in [6.07, 6.45) is 6.63. The fraction of sp³-hybridized carbons (Fsp3) is 0.419. The number of carbonyl (C=O) groups is 3. The van der Waals surface area contributed by atoms with E-state index in [1.807, 2.05) is 30.5 Å². The second-order valence-electron chi connectivity index (χ2n) is 11.3. The van der Waals surface area contributed by atoms with Crippen molar-refractivity contribution in [3.63, 3.8) is 0 Å². The van der Waals surface area contributed by atoms with Crippen molar-refractivity contribution < 1.29 is 19.5 Å². The lowest BCUT2D eigenvalue weighted by Crippen LogP contribution is -2.50. The number of amides is 3. The molecule has 1 unspecified atom stereocenters. The van der Waals surface area contributed by atoms with Gasteiger partial charge in [0.05, 0.1) is 12.1 Å². The molecule has 214 valence electrons. The number of H-pyrrole nitrogens is 1. The van der Waals surface area contributed by atoms with E-state index in [4.69, 9.17) is 0 Å². The zero-order valence-corrected chi connectivity index (χ0v) is 23.1. The number of piperazine rings is 1. The molecule has 3 fully saturated rings. The molecular weight excluding hydrogens is 520 g/mol. The number of piperidine rings is 1. The average molecular weight is 557 g/mol. The predicted octanol–water partition coefficient (Wildman–Crippen LogP) is 3.92. The molecule has 3 amide bonds. The van der Waals surface area contributed by atoms with Crippen LogP contribution in [0.5, 0.6) is 0 Å². The zero-order chi connectivity index (χ0) is 28.3. The van der Waals surface area contributed by atoms with Gasteiger partial charge in [0.15, 0.2) is 0 Å². The van der Waals surface area contributed by atoms with Crippen LogP contribution in [0.2, 0.25) is 0 Å². The molecule has 6 rings (SSSR count). The van der Waals surface area contributed by atoms with E-state index in [2.05, 4.69) is 44.3 Å². The monoisotopic (exact) mass is 556 g/mol. The van der Waals surface area contributed by atoms with Crippen LogP contribution in [0.3, 0.4) is 0 Å². The average Bonchev–Trinajstić information content (AvgIpc) is 3.71. The van der Waals surface area contributed by atoms with Gasteiger partial charge in [-0.05, 0) is 55.0 Å². The van der Waals surface area contributed by atoms with Gasteiger partial charge in [-0.25, -0.2) is 4.79 Å². The third kappa shape index (κ3) is 6.06. The normalized spacial score (nSPS) is 19.2. The number of aromatic amines is 1. The maximum absolute atomic E-state index is 13.9. The topological polar surface area (TPSA) is 113 Å². The molecule has 2 N–H and O–H groups in total. The summed E-state index contributed by atoms with van der Waals surface area (Å²) in [6, 6.07) is 16.3. The van der Waals surface area contributed by atoms with E-state index in [9.17, 15) is 19.5 Å². The molecular formula is C31H36N6O4. The lowest BCUT2D eigenvalue weighted by atomic mass is 9.95. The van der Waals surface area contributed by atoms with Crippen molar-refractivity contribution in [2.75, 3.05) is 44.2 Å². The van der Waals surface area contributed by atoms with E-state index in [1.54, 1.807) is 11.1 Å². The van der Waals surface area contributed by atoms with Gasteiger partial charge in [-0.15, -0.1) is 0 Å². The van der Waals surface area contributed by atoms with Gasteiger partial charge in [0, 0.05) is 74.9 Å². The molecule has 1 atom stereocenters. The third-order valence-electron chi connectivity index (χ3n) is 8.48. The van der Waals surface area contributed by atoms with Gasteiger partial charge in [-0.3, -0.25) is 14.7 Å². The van der Waals surface area contributed by atoms with Gasteiger partial charge < -0.3 is 24.7 Å². The van der Waals surface area contributed by atoms with E-state index in [1.165, 1.54) is 4.90 Å². The third-order valence-corrected chi connectivity index (χ3v) is 8.48. The molecule has 2 saturated heterocycles. The van der Waals surface area contributed by atoms with Crippen molar-refractivity contribution in [1.29, 1.82) is 0 Å². The first-order chi connectivity index (χ1) is 20.0. The second-order valence-corrected chi connectivity index (χ2v) is 11.3. The molecule has 10 heteroatoms. The maximum atomic E-state index is 13.9. The number of nitrogens with zero attached hydrogens (tertiary/aromatic N) is 5. The van der Waals surface area contributed by atoms with Crippen molar-refractivity contribution in [1.82, 2.24) is 24.9 Å². The van der Waals surface area contributed by atoms with Gasteiger partial charge in [0.25, 0.3) is 5.91 Å². The van der Waals surface area contributed by atoms with Crippen LogP contribution in [0.15, 0.2) is 60.9 Å². The summed E-state index contributed by atoms with van der Waals surface area (Å²) in [5.41, 5.74) is 4.81. The van der Waals surface area contributed by atoms with Crippen molar-refractivity contribution >= 4 is 23.6 Å². The Morgan fingerprint density at radius 3 is 2.37 bits per heavy atom.